The molecule has 0 heterocycles. The average Bonchev–Trinajstić information content (AvgIpc) is 2.38. The van der Waals surface area contributed by atoms with Crippen molar-refractivity contribution in [1.29, 1.82) is 0 Å². The van der Waals surface area contributed by atoms with Crippen LogP contribution in [0.15, 0.2) is 12.1 Å². The number of rotatable bonds is 7. The number of anilines is 1. The lowest BCUT2D eigenvalue weighted by atomic mass is 10.1. The summed E-state index contributed by atoms with van der Waals surface area (Å²) in [4.78, 5) is 14.7. The number of hydrogen-bond acceptors (Lipinski definition) is 3. The Kier molecular flexibility index (Phi) is 6.55. The van der Waals surface area contributed by atoms with E-state index in [0.717, 1.165) is 0 Å². The van der Waals surface area contributed by atoms with E-state index >= 15 is 0 Å². The molecule has 0 saturated carbocycles. The van der Waals surface area contributed by atoms with E-state index in [1.54, 1.807) is 21.1 Å². The molecule has 4 nitrogen and oxygen atoms in total. The van der Waals surface area contributed by atoms with Crippen LogP contribution in [0.3, 0.4) is 0 Å². The maximum atomic E-state index is 14.2. The van der Waals surface area contributed by atoms with Crippen LogP contribution in [0.25, 0.3) is 0 Å². The molecule has 6 heteroatoms. The SMILES string of the molecule is CCCN(CC(=O)N(C)C)c1c(F)cc(CNC)cc1F. The number of nitrogens with zero attached hydrogens (tertiary/aromatic N) is 2. The molecule has 1 N–H and O–H groups in total. The molecule has 1 aromatic rings. The Bertz CT molecular complexity index is 469. The number of nitrogens with one attached hydrogen (secondary N) is 1. The van der Waals surface area contributed by atoms with Crippen molar-refractivity contribution in [3.8, 4) is 0 Å². The van der Waals surface area contributed by atoms with Crippen molar-refractivity contribution in [2.75, 3.05) is 39.1 Å². The monoisotopic (exact) mass is 299 g/mol. The number of hydrogen-bond donors (Lipinski definition) is 1. The van der Waals surface area contributed by atoms with Crippen LogP contribution in [-0.2, 0) is 11.3 Å². The first-order chi connectivity index (χ1) is 9.90. The van der Waals surface area contributed by atoms with Gasteiger partial charge in [-0.25, -0.2) is 8.78 Å². The lowest BCUT2D eigenvalue weighted by molar-refractivity contribution is -0.127. The van der Waals surface area contributed by atoms with E-state index in [2.05, 4.69) is 5.32 Å². The van der Waals surface area contributed by atoms with Crippen molar-refractivity contribution in [2.45, 2.75) is 19.9 Å². The number of likely N-dealkylation sites (N-methyl/N-ethyl adjacent to an activating group) is 1. The molecule has 0 aliphatic heterocycles. The summed E-state index contributed by atoms with van der Waals surface area (Å²) in [6.07, 6.45) is 0.692. The van der Waals surface area contributed by atoms with Crippen molar-refractivity contribution in [1.82, 2.24) is 10.2 Å². The summed E-state index contributed by atoms with van der Waals surface area (Å²) >= 11 is 0. The van der Waals surface area contributed by atoms with E-state index in [4.69, 9.17) is 0 Å². The van der Waals surface area contributed by atoms with Gasteiger partial charge in [0.1, 0.15) is 17.3 Å². The first-order valence-corrected chi connectivity index (χ1v) is 6.98. The molecular formula is C15H23F2N3O. The predicted molar refractivity (Wildman–Crippen MR) is 80.3 cm³/mol. The van der Waals surface area contributed by atoms with E-state index in [1.807, 2.05) is 6.92 Å². The van der Waals surface area contributed by atoms with Crippen LogP contribution < -0.4 is 10.2 Å². The molecule has 0 unspecified atom stereocenters. The van der Waals surface area contributed by atoms with Gasteiger partial charge in [-0.3, -0.25) is 4.79 Å². The maximum Gasteiger partial charge on any atom is 0.241 e. The molecule has 0 radical (unpaired) electrons. The highest BCUT2D eigenvalue weighted by molar-refractivity contribution is 5.81. The normalized spacial score (nSPS) is 10.6. The molecular weight excluding hydrogens is 276 g/mol. The number of halogens is 2. The molecule has 118 valence electrons. The Morgan fingerprint density at radius 3 is 2.24 bits per heavy atom. The number of amides is 1. The van der Waals surface area contributed by atoms with Crippen LogP contribution in [0.2, 0.25) is 0 Å². The van der Waals surface area contributed by atoms with Gasteiger partial charge in [0, 0.05) is 27.2 Å². The summed E-state index contributed by atoms with van der Waals surface area (Å²) in [6.45, 7) is 2.66. The number of carbonyl (C=O) groups excluding carboxylic acids is 1. The standard InChI is InChI=1S/C15H23F2N3O/c1-5-6-20(10-14(21)19(3)4)15-12(16)7-11(9-18-2)8-13(15)17/h7-8,18H,5-6,9-10H2,1-4H3. The Morgan fingerprint density at radius 1 is 1.24 bits per heavy atom. The largest absolute Gasteiger partial charge is 0.357 e. The van der Waals surface area contributed by atoms with Crippen LogP contribution >= 0.6 is 0 Å². The summed E-state index contributed by atoms with van der Waals surface area (Å²) in [5.41, 5.74) is 0.401. The van der Waals surface area contributed by atoms with Gasteiger partial charge >= 0.3 is 0 Å². The Hall–Kier alpha value is -1.69. The zero-order valence-electron chi connectivity index (χ0n) is 13.0. The number of carbonyl (C=O) groups is 1. The summed E-state index contributed by atoms with van der Waals surface area (Å²) in [7, 11) is 4.95. The second kappa shape index (κ2) is 7.93. The van der Waals surface area contributed by atoms with Gasteiger partial charge in [-0.15, -0.1) is 0 Å². The molecule has 0 saturated heterocycles. The van der Waals surface area contributed by atoms with E-state index < -0.39 is 11.6 Å². The molecule has 1 rings (SSSR count). The van der Waals surface area contributed by atoms with Gasteiger partial charge in [0.15, 0.2) is 0 Å². The fraction of sp³-hybridized carbons (Fsp3) is 0.533. The molecule has 0 fully saturated rings. The fourth-order valence-corrected chi connectivity index (χ4v) is 2.07. The van der Waals surface area contributed by atoms with E-state index in [-0.39, 0.29) is 18.1 Å². The highest BCUT2D eigenvalue weighted by Gasteiger charge is 2.20. The van der Waals surface area contributed by atoms with Gasteiger partial charge in [-0.05, 0) is 31.2 Å². The highest BCUT2D eigenvalue weighted by atomic mass is 19.1. The van der Waals surface area contributed by atoms with Crippen molar-refractivity contribution < 1.29 is 13.6 Å². The van der Waals surface area contributed by atoms with Crippen LogP contribution in [0.1, 0.15) is 18.9 Å². The minimum absolute atomic E-state index is 0.0416. The quantitative estimate of drug-likeness (QED) is 0.836. The Balaban J connectivity index is 3.10. The Morgan fingerprint density at radius 2 is 1.81 bits per heavy atom. The smallest absolute Gasteiger partial charge is 0.241 e. The molecule has 1 aromatic carbocycles. The van der Waals surface area contributed by atoms with Gasteiger partial charge in [-0.1, -0.05) is 6.92 Å². The number of benzene rings is 1. The first kappa shape index (κ1) is 17.4. The van der Waals surface area contributed by atoms with Gasteiger partial charge in [0.05, 0.1) is 6.54 Å². The summed E-state index contributed by atoms with van der Waals surface area (Å²) in [6, 6.07) is 2.61. The van der Waals surface area contributed by atoms with Crippen LogP contribution in [-0.4, -0.2) is 45.0 Å². The van der Waals surface area contributed by atoms with E-state index in [9.17, 15) is 13.6 Å². The van der Waals surface area contributed by atoms with Crippen molar-refractivity contribution in [3.05, 3.63) is 29.3 Å². The minimum atomic E-state index is -0.639. The summed E-state index contributed by atoms with van der Waals surface area (Å²) in [5, 5.41) is 2.85. The molecule has 0 spiro atoms. The molecule has 0 aliphatic rings. The van der Waals surface area contributed by atoms with Crippen molar-refractivity contribution in [2.24, 2.45) is 0 Å². The lowest BCUT2D eigenvalue weighted by Gasteiger charge is -2.26. The third kappa shape index (κ3) is 4.67. The fourth-order valence-electron chi connectivity index (χ4n) is 2.07. The van der Waals surface area contributed by atoms with Crippen LogP contribution in [0.4, 0.5) is 14.5 Å². The maximum absolute atomic E-state index is 14.2. The summed E-state index contributed by atoms with van der Waals surface area (Å²) < 4.78 is 28.4. The predicted octanol–water partition coefficient (Wildman–Crippen LogP) is 1.99. The molecule has 21 heavy (non-hydrogen) atoms. The zero-order chi connectivity index (χ0) is 16.0. The van der Waals surface area contributed by atoms with Gasteiger partial charge in [-0.2, -0.15) is 0 Å². The third-order valence-corrected chi connectivity index (χ3v) is 3.09. The second-order valence-corrected chi connectivity index (χ2v) is 5.15. The average molecular weight is 299 g/mol. The minimum Gasteiger partial charge on any atom is -0.357 e. The molecule has 1 amide bonds. The molecule has 0 aliphatic carbocycles. The van der Waals surface area contributed by atoms with Crippen LogP contribution in [0, 0.1) is 11.6 Å². The van der Waals surface area contributed by atoms with Crippen LogP contribution in [0.5, 0.6) is 0 Å². The second-order valence-electron chi connectivity index (χ2n) is 5.15. The topological polar surface area (TPSA) is 35.6 Å². The third-order valence-electron chi connectivity index (χ3n) is 3.09. The lowest BCUT2D eigenvalue weighted by Crippen LogP contribution is -2.38. The van der Waals surface area contributed by atoms with Gasteiger partial charge in [0.25, 0.3) is 0 Å². The van der Waals surface area contributed by atoms with Crippen molar-refractivity contribution >= 4 is 11.6 Å². The first-order valence-electron chi connectivity index (χ1n) is 6.98. The van der Waals surface area contributed by atoms with Gasteiger partial charge in [0.2, 0.25) is 5.91 Å². The van der Waals surface area contributed by atoms with E-state index in [0.29, 0.717) is 25.1 Å². The van der Waals surface area contributed by atoms with Crippen molar-refractivity contribution in [3.63, 3.8) is 0 Å². The Labute approximate surface area is 124 Å². The molecule has 0 bridgehead atoms. The van der Waals surface area contributed by atoms with Gasteiger partial charge < -0.3 is 15.1 Å². The molecule has 0 aromatic heterocycles. The molecule has 0 atom stereocenters. The van der Waals surface area contributed by atoms with E-state index in [1.165, 1.54) is 21.9 Å². The highest BCUT2D eigenvalue weighted by Crippen LogP contribution is 2.25. The summed E-state index contributed by atoms with van der Waals surface area (Å²) in [5.74, 6) is -1.47. The zero-order valence-corrected chi connectivity index (χ0v) is 13.0.